The molecule has 0 radical (unpaired) electrons. The van der Waals surface area contributed by atoms with Crippen molar-refractivity contribution in [3.8, 4) is 0 Å². The Morgan fingerprint density at radius 1 is 1.11 bits per heavy atom. The van der Waals surface area contributed by atoms with E-state index in [0.717, 1.165) is 13.1 Å². The minimum atomic E-state index is 0.988. The molecule has 0 N–H and O–H groups in total. The fourth-order valence-corrected chi connectivity index (χ4v) is 3.29. The van der Waals surface area contributed by atoms with E-state index < -0.39 is 0 Å². The van der Waals surface area contributed by atoms with Crippen molar-refractivity contribution in [2.75, 3.05) is 32.1 Å². The van der Waals surface area contributed by atoms with Gasteiger partial charge in [-0.25, -0.2) is 0 Å². The number of benzene rings is 1. The lowest BCUT2D eigenvalue weighted by Gasteiger charge is -2.33. The Labute approximate surface area is 118 Å². The highest BCUT2D eigenvalue weighted by molar-refractivity contribution is 7.99. The number of anilines is 2. The maximum absolute atomic E-state index is 4.24. The predicted octanol–water partition coefficient (Wildman–Crippen LogP) is 3.25. The van der Waals surface area contributed by atoms with Crippen molar-refractivity contribution < 1.29 is 0 Å². The van der Waals surface area contributed by atoms with E-state index in [0.29, 0.717) is 0 Å². The molecule has 98 valence electrons. The number of fused-ring (bicyclic) bond motifs is 2. The van der Waals surface area contributed by atoms with Crippen LogP contribution in [0.4, 0.5) is 11.4 Å². The SMILES string of the molecule is CN(C)CCN1c2ccccc2Sc2cnccc21. The Bertz CT molecular complexity index is 538. The van der Waals surface area contributed by atoms with Gasteiger partial charge in [0.15, 0.2) is 0 Å². The van der Waals surface area contributed by atoms with E-state index in [9.17, 15) is 0 Å². The van der Waals surface area contributed by atoms with Crippen LogP contribution in [0.5, 0.6) is 0 Å². The summed E-state index contributed by atoms with van der Waals surface area (Å²) in [6.07, 6.45) is 3.83. The zero-order valence-corrected chi connectivity index (χ0v) is 12.0. The van der Waals surface area contributed by atoms with E-state index in [2.05, 4.69) is 59.2 Å². The van der Waals surface area contributed by atoms with Gasteiger partial charge in [-0.2, -0.15) is 0 Å². The first-order valence-corrected chi connectivity index (χ1v) is 7.20. The Kier molecular flexibility index (Phi) is 3.44. The van der Waals surface area contributed by atoms with Crippen LogP contribution in [-0.4, -0.2) is 37.1 Å². The second kappa shape index (κ2) is 5.23. The lowest BCUT2D eigenvalue weighted by Crippen LogP contribution is -2.29. The summed E-state index contributed by atoms with van der Waals surface area (Å²) in [5.41, 5.74) is 2.56. The molecule has 2 heterocycles. The lowest BCUT2D eigenvalue weighted by atomic mass is 10.2. The van der Waals surface area contributed by atoms with E-state index in [1.807, 2.05) is 12.4 Å². The van der Waals surface area contributed by atoms with Crippen LogP contribution in [0, 0.1) is 0 Å². The van der Waals surface area contributed by atoms with E-state index in [-0.39, 0.29) is 0 Å². The Balaban J connectivity index is 2.01. The van der Waals surface area contributed by atoms with Crippen molar-refractivity contribution in [1.82, 2.24) is 9.88 Å². The molecule has 1 aliphatic heterocycles. The second-order valence-corrected chi connectivity index (χ2v) is 5.95. The molecule has 1 aliphatic rings. The van der Waals surface area contributed by atoms with Crippen molar-refractivity contribution in [2.45, 2.75) is 9.79 Å². The summed E-state index contributed by atoms with van der Waals surface area (Å²) in [5, 5.41) is 0. The van der Waals surface area contributed by atoms with Crippen molar-refractivity contribution in [2.24, 2.45) is 0 Å². The maximum Gasteiger partial charge on any atom is 0.0584 e. The molecule has 0 unspecified atom stereocenters. The topological polar surface area (TPSA) is 19.4 Å². The van der Waals surface area contributed by atoms with Gasteiger partial charge in [0.2, 0.25) is 0 Å². The molecule has 4 heteroatoms. The van der Waals surface area contributed by atoms with Gasteiger partial charge in [0, 0.05) is 30.4 Å². The van der Waals surface area contributed by atoms with Crippen LogP contribution in [0.1, 0.15) is 0 Å². The zero-order valence-electron chi connectivity index (χ0n) is 11.2. The molecule has 3 nitrogen and oxygen atoms in total. The van der Waals surface area contributed by atoms with Crippen LogP contribution < -0.4 is 4.90 Å². The molecule has 0 saturated heterocycles. The van der Waals surface area contributed by atoms with Gasteiger partial charge < -0.3 is 9.80 Å². The van der Waals surface area contributed by atoms with Crippen LogP contribution in [0.3, 0.4) is 0 Å². The molecule has 0 spiro atoms. The van der Waals surface area contributed by atoms with Crippen LogP contribution in [0.15, 0.2) is 52.5 Å². The Hall–Kier alpha value is -1.52. The molecule has 0 saturated carbocycles. The average Bonchev–Trinajstić information content (AvgIpc) is 2.43. The molecule has 1 aromatic carbocycles. The quantitative estimate of drug-likeness (QED) is 0.853. The third kappa shape index (κ3) is 2.46. The first-order chi connectivity index (χ1) is 9.25. The highest BCUT2D eigenvalue weighted by Gasteiger charge is 2.22. The molecular formula is C15H17N3S. The fourth-order valence-electron chi connectivity index (χ4n) is 2.23. The summed E-state index contributed by atoms with van der Waals surface area (Å²) < 4.78 is 0. The molecule has 1 aromatic heterocycles. The number of hydrogen-bond acceptors (Lipinski definition) is 4. The summed E-state index contributed by atoms with van der Waals surface area (Å²) in [5.74, 6) is 0. The minimum Gasteiger partial charge on any atom is -0.338 e. The van der Waals surface area contributed by atoms with E-state index in [1.165, 1.54) is 21.2 Å². The van der Waals surface area contributed by atoms with Gasteiger partial charge in [-0.3, -0.25) is 4.98 Å². The number of likely N-dealkylation sites (N-methyl/N-ethyl adjacent to an activating group) is 1. The maximum atomic E-state index is 4.24. The molecular weight excluding hydrogens is 254 g/mol. The molecule has 2 aromatic rings. The van der Waals surface area contributed by atoms with Crippen LogP contribution in [0.25, 0.3) is 0 Å². The van der Waals surface area contributed by atoms with Crippen molar-refractivity contribution in [3.05, 3.63) is 42.7 Å². The molecule has 0 amide bonds. The summed E-state index contributed by atoms with van der Waals surface area (Å²) >= 11 is 1.80. The highest BCUT2D eigenvalue weighted by atomic mass is 32.2. The smallest absolute Gasteiger partial charge is 0.0584 e. The molecule has 0 atom stereocenters. The second-order valence-electron chi connectivity index (χ2n) is 4.87. The number of pyridine rings is 1. The van der Waals surface area contributed by atoms with Gasteiger partial charge >= 0.3 is 0 Å². The van der Waals surface area contributed by atoms with Crippen LogP contribution >= 0.6 is 11.8 Å². The lowest BCUT2D eigenvalue weighted by molar-refractivity contribution is 0.418. The Morgan fingerprint density at radius 3 is 2.74 bits per heavy atom. The summed E-state index contributed by atoms with van der Waals surface area (Å²) in [7, 11) is 4.22. The normalized spacial score (nSPS) is 13.3. The third-order valence-electron chi connectivity index (χ3n) is 3.20. The van der Waals surface area contributed by atoms with Crippen molar-refractivity contribution in [1.29, 1.82) is 0 Å². The monoisotopic (exact) mass is 271 g/mol. The van der Waals surface area contributed by atoms with Gasteiger partial charge in [0.05, 0.1) is 16.3 Å². The molecule has 0 bridgehead atoms. The number of aromatic nitrogens is 1. The first-order valence-electron chi connectivity index (χ1n) is 6.39. The zero-order chi connectivity index (χ0) is 13.2. The predicted molar refractivity (Wildman–Crippen MR) is 80.4 cm³/mol. The standard InChI is InChI=1S/C15H17N3S/c1-17(2)9-10-18-12-5-3-4-6-14(12)19-15-11-16-8-7-13(15)18/h3-8,11H,9-10H2,1-2H3. The van der Waals surface area contributed by atoms with Crippen molar-refractivity contribution >= 4 is 23.1 Å². The summed E-state index contributed by atoms with van der Waals surface area (Å²) in [6, 6.07) is 10.7. The summed E-state index contributed by atoms with van der Waals surface area (Å²) in [6.45, 7) is 2.02. The third-order valence-corrected chi connectivity index (χ3v) is 4.30. The molecule has 0 fully saturated rings. The van der Waals surface area contributed by atoms with Gasteiger partial charge in [-0.05, 0) is 32.3 Å². The van der Waals surface area contributed by atoms with Crippen LogP contribution in [-0.2, 0) is 0 Å². The minimum absolute atomic E-state index is 0.988. The van der Waals surface area contributed by atoms with Crippen molar-refractivity contribution in [3.63, 3.8) is 0 Å². The van der Waals surface area contributed by atoms with Gasteiger partial charge in [0.25, 0.3) is 0 Å². The van der Waals surface area contributed by atoms with E-state index >= 15 is 0 Å². The number of nitrogens with zero attached hydrogens (tertiary/aromatic N) is 3. The Morgan fingerprint density at radius 2 is 1.89 bits per heavy atom. The average molecular weight is 271 g/mol. The first kappa shape index (κ1) is 12.5. The largest absolute Gasteiger partial charge is 0.338 e. The molecule has 3 rings (SSSR count). The van der Waals surface area contributed by atoms with Gasteiger partial charge in [-0.15, -0.1) is 0 Å². The molecule has 0 aliphatic carbocycles. The van der Waals surface area contributed by atoms with Gasteiger partial charge in [-0.1, -0.05) is 23.9 Å². The fraction of sp³-hybridized carbons (Fsp3) is 0.267. The highest BCUT2D eigenvalue weighted by Crippen LogP contribution is 2.47. The van der Waals surface area contributed by atoms with E-state index in [1.54, 1.807) is 11.8 Å². The van der Waals surface area contributed by atoms with Gasteiger partial charge in [0.1, 0.15) is 0 Å². The van der Waals surface area contributed by atoms with E-state index in [4.69, 9.17) is 0 Å². The number of hydrogen-bond donors (Lipinski definition) is 0. The summed E-state index contributed by atoms with van der Waals surface area (Å²) in [4.78, 5) is 11.4. The van der Waals surface area contributed by atoms with Crippen LogP contribution in [0.2, 0.25) is 0 Å². The number of para-hydroxylation sites is 1. The number of rotatable bonds is 3. The molecule has 19 heavy (non-hydrogen) atoms.